The molecule has 0 radical (unpaired) electrons. The largest absolute Gasteiger partial charge is 0.356 e. The topological polar surface area (TPSA) is 84.2 Å². The summed E-state index contributed by atoms with van der Waals surface area (Å²) in [4.78, 5) is 22.7. The molecule has 5 nitrogen and oxygen atoms in total. The van der Waals surface area contributed by atoms with Crippen molar-refractivity contribution in [3.05, 3.63) is 0 Å². The van der Waals surface area contributed by atoms with Crippen molar-refractivity contribution in [2.75, 3.05) is 19.6 Å². The zero-order valence-electron chi connectivity index (χ0n) is 13.1. The summed E-state index contributed by atoms with van der Waals surface area (Å²) in [5, 5.41) is 6.27. The molecule has 5 heteroatoms. The number of rotatable bonds is 12. The molecule has 0 aliphatic heterocycles. The maximum atomic E-state index is 11.8. The monoisotopic (exact) mass is 297 g/mol. The molecule has 0 aromatic carbocycles. The number of aldehydes is 1. The fourth-order valence-corrected chi connectivity index (χ4v) is 2.81. The van der Waals surface area contributed by atoms with Gasteiger partial charge in [0.1, 0.15) is 6.29 Å². The fraction of sp³-hybridized carbons (Fsp3) is 0.875. The highest BCUT2D eigenvalue weighted by Crippen LogP contribution is 2.24. The zero-order chi connectivity index (χ0) is 15.3. The lowest BCUT2D eigenvalue weighted by molar-refractivity contribution is -0.124. The van der Waals surface area contributed by atoms with Gasteiger partial charge in [-0.2, -0.15) is 0 Å². The van der Waals surface area contributed by atoms with Crippen molar-refractivity contribution in [2.24, 2.45) is 11.7 Å². The summed E-state index contributed by atoms with van der Waals surface area (Å²) in [6.07, 6.45) is 10.2. The first kappa shape index (κ1) is 18.1. The summed E-state index contributed by atoms with van der Waals surface area (Å²) >= 11 is 0. The Labute approximate surface area is 128 Å². The van der Waals surface area contributed by atoms with Crippen molar-refractivity contribution in [3.8, 4) is 0 Å². The number of hydrogen-bond acceptors (Lipinski definition) is 4. The smallest absolute Gasteiger partial charge is 0.223 e. The van der Waals surface area contributed by atoms with Gasteiger partial charge in [-0.1, -0.05) is 19.3 Å². The van der Waals surface area contributed by atoms with Gasteiger partial charge in [0.15, 0.2) is 0 Å². The molecule has 0 saturated heterocycles. The molecule has 1 atom stereocenters. The molecule has 1 aliphatic rings. The Kier molecular flexibility index (Phi) is 10.1. The van der Waals surface area contributed by atoms with E-state index in [1.54, 1.807) is 0 Å². The van der Waals surface area contributed by atoms with E-state index in [4.69, 9.17) is 5.73 Å². The van der Waals surface area contributed by atoms with Crippen molar-refractivity contribution >= 4 is 12.2 Å². The molecule has 0 spiro atoms. The first-order chi connectivity index (χ1) is 10.3. The van der Waals surface area contributed by atoms with Gasteiger partial charge in [-0.05, 0) is 51.6 Å². The van der Waals surface area contributed by atoms with Crippen molar-refractivity contribution in [2.45, 2.75) is 63.8 Å². The van der Waals surface area contributed by atoms with Crippen LogP contribution < -0.4 is 16.4 Å². The van der Waals surface area contributed by atoms with E-state index in [0.29, 0.717) is 6.54 Å². The van der Waals surface area contributed by atoms with Crippen molar-refractivity contribution in [3.63, 3.8) is 0 Å². The van der Waals surface area contributed by atoms with E-state index in [9.17, 15) is 9.59 Å². The third kappa shape index (κ3) is 8.17. The highest BCUT2D eigenvalue weighted by Gasteiger charge is 2.21. The molecule has 122 valence electrons. The Morgan fingerprint density at radius 3 is 2.52 bits per heavy atom. The highest BCUT2D eigenvalue weighted by molar-refractivity contribution is 5.78. The molecule has 4 N–H and O–H groups in total. The second kappa shape index (κ2) is 11.7. The first-order valence-electron chi connectivity index (χ1n) is 8.44. The van der Waals surface area contributed by atoms with Crippen LogP contribution in [-0.2, 0) is 9.59 Å². The lowest BCUT2D eigenvalue weighted by Crippen LogP contribution is -2.33. The van der Waals surface area contributed by atoms with Crippen LogP contribution in [0.2, 0.25) is 0 Å². The lowest BCUT2D eigenvalue weighted by atomic mass is 10.1. The molecule has 0 heterocycles. The van der Waals surface area contributed by atoms with Gasteiger partial charge in [0.25, 0.3) is 0 Å². The highest BCUT2D eigenvalue weighted by atomic mass is 16.1. The maximum absolute atomic E-state index is 11.8. The van der Waals surface area contributed by atoms with Crippen LogP contribution in [0.15, 0.2) is 0 Å². The Morgan fingerprint density at radius 1 is 1.14 bits per heavy atom. The van der Waals surface area contributed by atoms with Gasteiger partial charge >= 0.3 is 0 Å². The number of hydrogen-bond donors (Lipinski definition) is 3. The Hall–Kier alpha value is -0.940. The molecule has 1 saturated carbocycles. The number of nitrogens with one attached hydrogen (secondary N) is 2. The van der Waals surface area contributed by atoms with Crippen molar-refractivity contribution in [1.29, 1.82) is 0 Å². The molecule has 0 aromatic heterocycles. The third-order valence-electron chi connectivity index (χ3n) is 4.17. The van der Waals surface area contributed by atoms with Crippen LogP contribution >= 0.6 is 0 Å². The molecule has 0 aromatic rings. The predicted molar refractivity (Wildman–Crippen MR) is 85.0 cm³/mol. The number of unbranched alkanes of at least 4 members (excludes halogenated alkanes) is 2. The summed E-state index contributed by atoms with van der Waals surface area (Å²) in [6.45, 7) is 2.26. The number of amides is 1. The average molecular weight is 297 g/mol. The molecule has 0 bridgehead atoms. The summed E-state index contributed by atoms with van der Waals surface area (Å²) in [7, 11) is 0. The van der Waals surface area contributed by atoms with Crippen molar-refractivity contribution in [1.82, 2.24) is 10.6 Å². The Morgan fingerprint density at radius 2 is 1.86 bits per heavy atom. The molecule has 1 fully saturated rings. The van der Waals surface area contributed by atoms with Gasteiger partial charge in [-0.25, -0.2) is 0 Å². The van der Waals surface area contributed by atoms with Crippen molar-refractivity contribution < 1.29 is 9.59 Å². The van der Waals surface area contributed by atoms with Crippen LogP contribution in [0.4, 0.5) is 0 Å². The lowest BCUT2D eigenvalue weighted by Gasteiger charge is -2.13. The molecular weight excluding hydrogens is 266 g/mol. The summed E-state index contributed by atoms with van der Waals surface area (Å²) in [6, 6.07) is -0.0513. The van der Waals surface area contributed by atoms with E-state index < -0.39 is 0 Å². The molecule has 1 rings (SSSR count). The van der Waals surface area contributed by atoms with E-state index in [2.05, 4.69) is 10.6 Å². The second-order valence-corrected chi connectivity index (χ2v) is 5.96. The number of carbonyl (C=O) groups is 2. The van der Waals surface area contributed by atoms with Crippen LogP contribution in [0.25, 0.3) is 0 Å². The maximum Gasteiger partial charge on any atom is 0.223 e. The van der Waals surface area contributed by atoms with Crippen LogP contribution in [0.1, 0.15) is 57.8 Å². The van der Waals surface area contributed by atoms with E-state index in [1.165, 1.54) is 12.8 Å². The van der Waals surface area contributed by atoms with E-state index in [1.807, 2.05) is 0 Å². The minimum absolute atomic E-state index is 0.0513. The Bertz CT molecular complexity index is 291. The standard InChI is InChI=1S/C16H31N3O2/c17-10-4-3-9-15(13-20)18-11-5-6-12-19-16(21)14-7-1-2-8-14/h13-15,18H,1-12,17H2,(H,19,21)/t15-/m1/s1. The van der Waals surface area contributed by atoms with Gasteiger partial charge in [0.2, 0.25) is 5.91 Å². The van der Waals surface area contributed by atoms with E-state index in [-0.39, 0.29) is 17.9 Å². The summed E-state index contributed by atoms with van der Waals surface area (Å²) in [5.74, 6) is 0.484. The average Bonchev–Trinajstić information content (AvgIpc) is 3.03. The molecule has 1 aliphatic carbocycles. The number of carbonyl (C=O) groups excluding carboxylic acids is 2. The quantitative estimate of drug-likeness (QED) is 0.375. The normalized spacial score (nSPS) is 16.8. The SMILES string of the molecule is NCCCC[C@H](C=O)NCCCCNC(=O)C1CCCC1. The van der Waals surface area contributed by atoms with Gasteiger partial charge in [-0.3, -0.25) is 4.79 Å². The molecule has 21 heavy (non-hydrogen) atoms. The van der Waals surface area contributed by atoms with Gasteiger partial charge in [0, 0.05) is 12.5 Å². The minimum Gasteiger partial charge on any atom is -0.356 e. The zero-order valence-corrected chi connectivity index (χ0v) is 13.1. The first-order valence-corrected chi connectivity index (χ1v) is 8.44. The second-order valence-electron chi connectivity index (χ2n) is 5.96. The molecule has 0 unspecified atom stereocenters. The van der Waals surface area contributed by atoms with Crippen LogP contribution in [0.5, 0.6) is 0 Å². The van der Waals surface area contributed by atoms with Crippen LogP contribution in [-0.4, -0.2) is 37.9 Å². The predicted octanol–water partition coefficient (Wildman–Crippen LogP) is 1.36. The summed E-state index contributed by atoms with van der Waals surface area (Å²) < 4.78 is 0. The third-order valence-corrected chi connectivity index (χ3v) is 4.17. The molecular formula is C16H31N3O2. The fourth-order valence-electron chi connectivity index (χ4n) is 2.81. The van der Waals surface area contributed by atoms with E-state index >= 15 is 0 Å². The van der Waals surface area contributed by atoms with E-state index in [0.717, 1.165) is 64.3 Å². The molecule has 1 amide bonds. The number of nitrogens with two attached hydrogens (primary N) is 1. The Balaban J connectivity index is 1.95. The van der Waals surface area contributed by atoms with Crippen LogP contribution in [0, 0.1) is 5.92 Å². The van der Waals surface area contributed by atoms with Crippen LogP contribution in [0.3, 0.4) is 0 Å². The summed E-state index contributed by atoms with van der Waals surface area (Å²) in [5.41, 5.74) is 5.44. The minimum atomic E-state index is -0.0513. The van der Waals surface area contributed by atoms with Gasteiger partial charge in [-0.15, -0.1) is 0 Å². The van der Waals surface area contributed by atoms with Gasteiger partial charge < -0.3 is 21.2 Å². The van der Waals surface area contributed by atoms with Gasteiger partial charge in [0.05, 0.1) is 6.04 Å².